The van der Waals surface area contributed by atoms with Crippen LogP contribution in [-0.4, -0.2) is 65.1 Å². The Bertz CT molecular complexity index is 188. The Morgan fingerprint density at radius 1 is 1.47 bits per heavy atom. The van der Waals surface area contributed by atoms with Crippen LogP contribution in [0.2, 0.25) is 0 Å². The predicted octanol–water partition coefficient (Wildman–Crippen LogP) is 0.971. The highest BCUT2D eigenvalue weighted by Gasteiger charge is 2.33. The summed E-state index contributed by atoms with van der Waals surface area (Å²) in [4.78, 5) is 2.47. The van der Waals surface area contributed by atoms with Crippen LogP contribution in [0.3, 0.4) is 0 Å². The zero-order valence-electron chi connectivity index (χ0n) is 11.6. The molecule has 1 aliphatic heterocycles. The van der Waals surface area contributed by atoms with Gasteiger partial charge in [0.15, 0.2) is 0 Å². The van der Waals surface area contributed by atoms with E-state index >= 15 is 0 Å². The minimum atomic E-state index is 0.288. The average molecular weight is 244 g/mol. The SMILES string of the molecule is CCN(CCOC)CC1(CNC)CCCOC1. The molecule has 17 heavy (non-hydrogen) atoms. The molecule has 1 atom stereocenters. The largest absolute Gasteiger partial charge is 0.383 e. The molecule has 0 aromatic heterocycles. The molecule has 0 aliphatic carbocycles. The molecule has 102 valence electrons. The molecule has 0 radical (unpaired) electrons. The van der Waals surface area contributed by atoms with Crippen LogP contribution in [0.25, 0.3) is 0 Å². The van der Waals surface area contributed by atoms with Crippen LogP contribution in [-0.2, 0) is 9.47 Å². The van der Waals surface area contributed by atoms with E-state index in [9.17, 15) is 0 Å². The van der Waals surface area contributed by atoms with Gasteiger partial charge in [-0.05, 0) is 26.4 Å². The highest BCUT2D eigenvalue weighted by molar-refractivity contribution is 4.86. The molecule has 0 spiro atoms. The number of nitrogens with zero attached hydrogens (tertiary/aromatic N) is 1. The predicted molar refractivity (Wildman–Crippen MR) is 70.4 cm³/mol. The van der Waals surface area contributed by atoms with Gasteiger partial charge in [0.1, 0.15) is 0 Å². The van der Waals surface area contributed by atoms with Gasteiger partial charge in [-0.1, -0.05) is 6.92 Å². The molecule has 1 fully saturated rings. The minimum Gasteiger partial charge on any atom is -0.383 e. The van der Waals surface area contributed by atoms with E-state index in [1.54, 1.807) is 7.11 Å². The van der Waals surface area contributed by atoms with Gasteiger partial charge in [-0.3, -0.25) is 0 Å². The van der Waals surface area contributed by atoms with Crippen LogP contribution in [0, 0.1) is 5.41 Å². The Kier molecular flexibility index (Phi) is 7.04. The molecule has 1 heterocycles. The highest BCUT2D eigenvalue weighted by atomic mass is 16.5. The molecule has 1 saturated heterocycles. The fraction of sp³-hybridized carbons (Fsp3) is 1.00. The molecule has 0 aromatic rings. The smallest absolute Gasteiger partial charge is 0.0589 e. The van der Waals surface area contributed by atoms with Crippen LogP contribution < -0.4 is 5.32 Å². The summed E-state index contributed by atoms with van der Waals surface area (Å²) in [6, 6.07) is 0. The summed E-state index contributed by atoms with van der Waals surface area (Å²) in [6.07, 6.45) is 2.45. The van der Waals surface area contributed by atoms with E-state index in [0.29, 0.717) is 0 Å². The third-order valence-corrected chi connectivity index (χ3v) is 3.57. The first kappa shape index (κ1) is 14.9. The summed E-state index contributed by atoms with van der Waals surface area (Å²) in [6.45, 7) is 9.07. The van der Waals surface area contributed by atoms with Crippen molar-refractivity contribution in [3.05, 3.63) is 0 Å². The van der Waals surface area contributed by atoms with E-state index < -0.39 is 0 Å². The quantitative estimate of drug-likeness (QED) is 0.690. The summed E-state index contributed by atoms with van der Waals surface area (Å²) < 4.78 is 10.9. The second-order valence-electron chi connectivity index (χ2n) is 5.05. The van der Waals surface area contributed by atoms with Gasteiger partial charge in [-0.2, -0.15) is 0 Å². The Morgan fingerprint density at radius 3 is 2.82 bits per heavy atom. The lowest BCUT2D eigenvalue weighted by molar-refractivity contribution is -0.0272. The average Bonchev–Trinajstić information content (AvgIpc) is 2.36. The normalized spacial score (nSPS) is 25.4. The highest BCUT2D eigenvalue weighted by Crippen LogP contribution is 2.29. The third-order valence-electron chi connectivity index (χ3n) is 3.57. The maximum absolute atomic E-state index is 5.69. The van der Waals surface area contributed by atoms with Crippen molar-refractivity contribution in [3.8, 4) is 0 Å². The summed E-state index contributed by atoms with van der Waals surface area (Å²) in [5.41, 5.74) is 0.288. The number of ether oxygens (including phenoxy) is 2. The van der Waals surface area contributed by atoms with Crippen molar-refractivity contribution in [1.29, 1.82) is 0 Å². The lowest BCUT2D eigenvalue weighted by atomic mass is 9.81. The lowest BCUT2D eigenvalue weighted by Gasteiger charge is -2.40. The molecule has 0 bridgehead atoms. The second kappa shape index (κ2) is 8.03. The molecule has 4 heteroatoms. The van der Waals surface area contributed by atoms with E-state index in [4.69, 9.17) is 9.47 Å². The standard InChI is InChI=1S/C13H28N2O2/c1-4-15(7-9-16-3)11-13(10-14-2)6-5-8-17-12-13/h14H,4-12H2,1-3H3. The van der Waals surface area contributed by atoms with Crippen molar-refractivity contribution < 1.29 is 9.47 Å². The molecule has 1 aliphatic rings. The van der Waals surface area contributed by atoms with Crippen molar-refractivity contribution in [2.45, 2.75) is 19.8 Å². The van der Waals surface area contributed by atoms with Gasteiger partial charge in [-0.15, -0.1) is 0 Å². The van der Waals surface area contributed by atoms with Gasteiger partial charge >= 0.3 is 0 Å². The Labute approximate surface area is 106 Å². The molecule has 1 unspecified atom stereocenters. The Hall–Kier alpha value is -0.160. The summed E-state index contributed by atoms with van der Waals surface area (Å²) in [5, 5.41) is 3.33. The van der Waals surface area contributed by atoms with Crippen molar-refractivity contribution in [3.63, 3.8) is 0 Å². The van der Waals surface area contributed by atoms with E-state index in [0.717, 1.165) is 46.0 Å². The molecule has 4 nitrogen and oxygen atoms in total. The van der Waals surface area contributed by atoms with Crippen LogP contribution in [0.5, 0.6) is 0 Å². The van der Waals surface area contributed by atoms with Gasteiger partial charge in [-0.25, -0.2) is 0 Å². The van der Waals surface area contributed by atoms with Crippen molar-refractivity contribution >= 4 is 0 Å². The number of hydrogen-bond acceptors (Lipinski definition) is 4. The molecule has 0 amide bonds. The molecular weight excluding hydrogens is 216 g/mol. The monoisotopic (exact) mass is 244 g/mol. The number of hydrogen-bond donors (Lipinski definition) is 1. The minimum absolute atomic E-state index is 0.288. The maximum Gasteiger partial charge on any atom is 0.0589 e. The van der Waals surface area contributed by atoms with Crippen molar-refractivity contribution in [1.82, 2.24) is 10.2 Å². The number of likely N-dealkylation sites (N-methyl/N-ethyl adjacent to an activating group) is 1. The topological polar surface area (TPSA) is 33.7 Å². The van der Waals surface area contributed by atoms with E-state index in [-0.39, 0.29) is 5.41 Å². The third kappa shape index (κ3) is 4.92. The first-order valence-electron chi connectivity index (χ1n) is 6.70. The Balaban J connectivity index is 2.50. The van der Waals surface area contributed by atoms with E-state index in [1.165, 1.54) is 12.8 Å². The number of nitrogens with one attached hydrogen (secondary N) is 1. The van der Waals surface area contributed by atoms with Gasteiger partial charge in [0, 0.05) is 38.8 Å². The fourth-order valence-electron chi connectivity index (χ4n) is 2.65. The molecule has 0 saturated carbocycles. The van der Waals surface area contributed by atoms with Crippen molar-refractivity contribution in [2.24, 2.45) is 5.41 Å². The van der Waals surface area contributed by atoms with Gasteiger partial charge in [0.2, 0.25) is 0 Å². The number of methoxy groups -OCH3 is 1. The summed E-state index contributed by atoms with van der Waals surface area (Å²) in [5.74, 6) is 0. The first-order valence-corrected chi connectivity index (χ1v) is 6.70. The number of rotatable bonds is 8. The van der Waals surface area contributed by atoms with Gasteiger partial charge < -0.3 is 19.7 Å². The lowest BCUT2D eigenvalue weighted by Crippen LogP contribution is -2.49. The summed E-state index contributed by atoms with van der Waals surface area (Å²) >= 11 is 0. The maximum atomic E-state index is 5.69. The van der Waals surface area contributed by atoms with Crippen LogP contribution >= 0.6 is 0 Å². The van der Waals surface area contributed by atoms with Crippen LogP contribution in [0.1, 0.15) is 19.8 Å². The van der Waals surface area contributed by atoms with Gasteiger partial charge in [0.05, 0.1) is 13.2 Å². The molecular formula is C13H28N2O2. The fourth-order valence-corrected chi connectivity index (χ4v) is 2.65. The van der Waals surface area contributed by atoms with Crippen LogP contribution in [0.4, 0.5) is 0 Å². The molecule has 1 rings (SSSR count). The zero-order valence-corrected chi connectivity index (χ0v) is 11.6. The first-order chi connectivity index (χ1) is 8.26. The molecule has 0 aromatic carbocycles. The Morgan fingerprint density at radius 2 is 2.29 bits per heavy atom. The van der Waals surface area contributed by atoms with E-state index in [1.807, 2.05) is 7.05 Å². The van der Waals surface area contributed by atoms with Crippen molar-refractivity contribution in [2.75, 3.05) is 60.2 Å². The van der Waals surface area contributed by atoms with E-state index in [2.05, 4.69) is 17.1 Å². The second-order valence-corrected chi connectivity index (χ2v) is 5.05. The van der Waals surface area contributed by atoms with Gasteiger partial charge in [0.25, 0.3) is 0 Å². The molecule has 1 N–H and O–H groups in total. The zero-order chi connectivity index (χ0) is 12.6. The summed E-state index contributed by atoms with van der Waals surface area (Å²) in [7, 11) is 3.79. The van der Waals surface area contributed by atoms with Crippen LogP contribution in [0.15, 0.2) is 0 Å².